The molecule has 2 heterocycles. The van der Waals surface area contributed by atoms with Gasteiger partial charge in [0.25, 0.3) is 0 Å². The van der Waals surface area contributed by atoms with Crippen molar-refractivity contribution >= 4 is 23.7 Å². The predicted molar refractivity (Wildman–Crippen MR) is 77.3 cm³/mol. The number of fused-ring (bicyclic) bond motifs is 3. The summed E-state index contributed by atoms with van der Waals surface area (Å²) in [6.07, 6.45) is 20.5. The summed E-state index contributed by atoms with van der Waals surface area (Å²) in [6, 6.07) is 4.31. The van der Waals surface area contributed by atoms with E-state index in [1.807, 2.05) is 0 Å². The Labute approximate surface area is 106 Å². The number of nitrogens with zero attached hydrogens (tertiary/aromatic N) is 1. The second-order valence-electron chi connectivity index (χ2n) is 4.67. The molecular weight excluding hydrogens is 218 g/mol. The molecule has 0 aromatic carbocycles. The van der Waals surface area contributed by atoms with Gasteiger partial charge in [0.1, 0.15) is 0 Å². The highest BCUT2D eigenvalue weighted by atomic mass is 14.9. The lowest BCUT2D eigenvalue weighted by atomic mass is 9.98. The minimum atomic E-state index is 1.03. The van der Waals surface area contributed by atoms with Crippen LogP contribution in [0, 0.1) is 0 Å². The minimum absolute atomic E-state index is 1.03. The molecule has 0 unspecified atom stereocenters. The zero-order valence-corrected chi connectivity index (χ0v) is 10.0. The summed E-state index contributed by atoms with van der Waals surface area (Å²) in [7, 11) is 0. The molecule has 4 rings (SSSR count). The molecule has 86 valence electrons. The van der Waals surface area contributed by atoms with E-state index in [2.05, 4.69) is 71.3 Å². The van der Waals surface area contributed by atoms with Crippen molar-refractivity contribution in [3.05, 3.63) is 71.1 Å². The van der Waals surface area contributed by atoms with Gasteiger partial charge in [0, 0.05) is 11.8 Å². The molecule has 18 heavy (non-hydrogen) atoms. The van der Waals surface area contributed by atoms with Gasteiger partial charge >= 0.3 is 0 Å². The maximum Gasteiger partial charge on any atom is 0.0569 e. The van der Waals surface area contributed by atoms with Crippen molar-refractivity contribution in [3.63, 3.8) is 0 Å². The summed E-state index contributed by atoms with van der Waals surface area (Å²) in [6.45, 7) is 0. The van der Waals surface area contributed by atoms with Crippen molar-refractivity contribution < 1.29 is 0 Å². The van der Waals surface area contributed by atoms with E-state index in [4.69, 9.17) is 0 Å². The molecule has 0 amide bonds. The van der Waals surface area contributed by atoms with Crippen LogP contribution >= 0.6 is 0 Å². The van der Waals surface area contributed by atoms with Crippen LogP contribution in [0.1, 0.15) is 22.4 Å². The first-order valence-corrected chi connectivity index (χ1v) is 6.29. The fourth-order valence-electron chi connectivity index (χ4n) is 2.89. The molecule has 2 aliphatic rings. The molecular formula is C17H13N. The first-order valence-electron chi connectivity index (χ1n) is 6.29. The van der Waals surface area contributed by atoms with Gasteiger partial charge in [-0.1, -0.05) is 48.6 Å². The van der Waals surface area contributed by atoms with Crippen LogP contribution in [0.15, 0.2) is 48.7 Å². The van der Waals surface area contributed by atoms with E-state index in [1.165, 1.54) is 27.9 Å². The van der Waals surface area contributed by atoms with Crippen LogP contribution in [-0.2, 0) is 6.42 Å². The van der Waals surface area contributed by atoms with Crippen molar-refractivity contribution in [2.75, 3.05) is 0 Å². The first-order chi connectivity index (χ1) is 8.95. The topological polar surface area (TPSA) is 4.41 Å². The highest BCUT2D eigenvalue weighted by Crippen LogP contribution is 2.33. The maximum atomic E-state index is 2.31. The van der Waals surface area contributed by atoms with Gasteiger partial charge in [0.2, 0.25) is 0 Å². The third-order valence-corrected chi connectivity index (χ3v) is 3.64. The van der Waals surface area contributed by atoms with Crippen LogP contribution in [0.2, 0.25) is 0 Å². The molecule has 0 saturated carbocycles. The molecule has 0 aliphatic heterocycles. The number of pyridine rings is 1. The maximum absolute atomic E-state index is 2.31. The van der Waals surface area contributed by atoms with E-state index >= 15 is 0 Å². The molecule has 0 radical (unpaired) electrons. The normalized spacial score (nSPS) is 19.3. The van der Waals surface area contributed by atoms with Gasteiger partial charge in [0.15, 0.2) is 0 Å². The molecule has 2 aromatic rings. The number of aromatic nitrogens is 1. The molecule has 0 N–H and O–H groups in total. The van der Waals surface area contributed by atoms with E-state index in [-0.39, 0.29) is 0 Å². The van der Waals surface area contributed by atoms with Gasteiger partial charge in [-0.25, -0.2) is 0 Å². The van der Waals surface area contributed by atoms with Crippen LogP contribution in [0.4, 0.5) is 0 Å². The van der Waals surface area contributed by atoms with Crippen LogP contribution in [0.25, 0.3) is 23.7 Å². The molecule has 1 nitrogen and oxygen atoms in total. The fraction of sp³-hybridized carbons (Fsp3) is 0.0588. The third kappa shape index (κ3) is 1.22. The van der Waals surface area contributed by atoms with Gasteiger partial charge in [-0.2, -0.15) is 0 Å². The standard InChI is InChI=1S/C17H13N/c1-2-4-11-16-14(9-3-1)15-10-5-7-13-8-6-12-18(16)17(13)15/h1-9,11-12H,10H2/b2-1-,3-1?,4-2?,9-3-,11-4?,14-9?,16-11?. The predicted octanol–water partition coefficient (Wildman–Crippen LogP) is 4.10. The summed E-state index contributed by atoms with van der Waals surface area (Å²) in [5.41, 5.74) is 6.76. The Kier molecular flexibility index (Phi) is 1.95. The second-order valence-corrected chi connectivity index (χ2v) is 4.67. The molecule has 0 fully saturated rings. The van der Waals surface area contributed by atoms with Crippen LogP contribution < -0.4 is 0 Å². The molecule has 1 heteroatoms. The molecule has 0 atom stereocenters. The first kappa shape index (κ1) is 9.72. The average Bonchev–Trinajstić information content (AvgIpc) is 2.65. The Hall–Kier alpha value is -2.28. The summed E-state index contributed by atoms with van der Waals surface area (Å²) >= 11 is 0. The van der Waals surface area contributed by atoms with Crippen LogP contribution in [0.5, 0.6) is 0 Å². The molecule has 2 aliphatic carbocycles. The summed E-state index contributed by atoms with van der Waals surface area (Å²) in [4.78, 5) is 0. The third-order valence-electron chi connectivity index (χ3n) is 3.64. The van der Waals surface area contributed by atoms with Crippen molar-refractivity contribution in [2.24, 2.45) is 0 Å². The van der Waals surface area contributed by atoms with Gasteiger partial charge in [-0.05, 0) is 29.7 Å². The van der Waals surface area contributed by atoms with Gasteiger partial charge in [-0.15, -0.1) is 0 Å². The fourth-order valence-corrected chi connectivity index (χ4v) is 2.89. The number of rotatable bonds is 0. The summed E-state index contributed by atoms with van der Waals surface area (Å²) in [5, 5.41) is 0. The SMILES string of the molecule is C1=Cc2c(c3c4c(cccn24)C=CC3)/C=C\C=C/1. The van der Waals surface area contributed by atoms with Crippen molar-refractivity contribution in [1.29, 1.82) is 0 Å². The van der Waals surface area contributed by atoms with Crippen molar-refractivity contribution in [1.82, 2.24) is 4.40 Å². The molecule has 0 bridgehead atoms. The van der Waals surface area contributed by atoms with Gasteiger partial charge in [0.05, 0.1) is 11.2 Å². The number of hydrogen-bond donors (Lipinski definition) is 0. The lowest BCUT2D eigenvalue weighted by Crippen LogP contribution is -1.93. The Morgan fingerprint density at radius 1 is 0.944 bits per heavy atom. The smallest absolute Gasteiger partial charge is 0.0569 e. The number of hydrogen-bond acceptors (Lipinski definition) is 0. The minimum Gasteiger partial charge on any atom is -0.316 e. The monoisotopic (exact) mass is 231 g/mol. The Morgan fingerprint density at radius 2 is 1.83 bits per heavy atom. The van der Waals surface area contributed by atoms with E-state index < -0.39 is 0 Å². The number of allylic oxidation sites excluding steroid dienone is 5. The highest BCUT2D eigenvalue weighted by Gasteiger charge is 2.17. The van der Waals surface area contributed by atoms with Gasteiger partial charge < -0.3 is 4.40 Å². The quantitative estimate of drug-likeness (QED) is 0.643. The van der Waals surface area contributed by atoms with E-state index in [1.54, 1.807) is 0 Å². The zero-order chi connectivity index (χ0) is 11.9. The summed E-state index contributed by atoms with van der Waals surface area (Å²) < 4.78 is 2.31. The Bertz CT molecular complexity index is 751. The Morgan fingerprint density at radius 3 is 2.78 bits per heavy atom. The van der Waals surface area contributed by atoms with E-state index in [0.717, 1.165) is 6.42 Å². The van der Waals surface area contributed by atoms with Crippen LogP contribution in [-0.4, -0.2) is 4.40 Å². The van der Waals surface area contributed by atoms with Crippen LogP contribution in [0.3, 0.4) is 0 Å². The lowest BCUT2D eigenvalue weighted by Gasteiger charge is -2.07. The second kappa shape index (κ2) is 3.61. The van der Waals surface area contributed by atoms with Crippen molar-refractivity contribution in [3.8, 4) is 0 Å². The van der Waals surface area contributed by atoms with E-state index in [0.29, 0.717) is 0 Å². The Balaban J connectivity index is 2.19. The summed E-state index contributed by atoms with van der Waals surface area (Å²) in [5.74, 6) is 0. The van der Waals surface area contributed by atoms with Crippen molar-refractivity contribution in [2.45, 2.75) is 6.42 Å². The molecule has 2 aromatic heterocycles. The van der Waals surface area contributed by atoms with E-state index in [9.17, 15) is 0 Å². The lowest BCUT2D eigenvalue weighted by molar-refractivity contribution is 1.16. The molecule has 0 saturated heterocycles. The molecule has 0 spiro atoms. The zero-order valence-electron chi connectivity index (χ0n) is 10.0. The largest absolute Gasteiger partial charge is 0.316 e. The average molecular weight is 231 g/mol. The highest BCUT2D eigenvalue weighted by molar-refractivity contribution is 5.85. The van der Waals surface area contributed by atoms with Gasteiger partial charge in [-0.3, -0.25) is 0 Å².